The Balaban J connectivity index is 1.60. The van der Waals surface area contributed by atoms with E-state index in [9.17, 15) is 9.59 Å². The van der Waals surface area contributed by atoms with Crippen LogP contribution in [0.1, 0.15) is 89.5 Å². The van der Waals surface area contributed by atoms with Crippen molar-refractivity contribution in [3.63, 3.8) is 0 Å². The summed E-state index contributed by atoms with van der Waals surface area (Å²) in [6, 6.07) is 10.2. The van der Waals surface area contributed by atoms with E-state index in [4.69, 9.17) is 9.47 Å². The third kappa shape index (κ3) is 10.5. The molecule has 2 unspecified atom stereocenters. The molecule has 0 fully saturated rings. The van der Waals surface area contributed by atoms with Gasteiger partial charge >= 0.3 is 11.9 Å². The van der Waals surface area contributed by atoms with Crippen molar-refractivity contribution in [1.82, 2.24) is 0 Å². The number of carbonyl (C=O) groups is 2. The quantitative estimate of drug-likeness (QED) is 0.160. The van der Waals surface area contributed by atoms with E-state index in [-0.39, 0.29) is 11.9 Å². The summed E-state index contributed by atoms with van der Waals surface area (Å²) < 4.78 is 11.0. The largest absolute Gasteiger partial charge is 0.465 e. The van der Waals surface area contributed by atoms with E-state index >= 15 is 0 Å². The first kappa shape index (κ1) is 26.2. The molecule has 1 aliphatic rings. The van der Waals surface area contributed by atoms with E-state index in [1.165, 1.54) is 50.5 Å². The zero-order valence-electron chi connectivity index (χ0n) is 19.9. The molecule has 2 atom stereocenters. The van der Waals surface area contributed by atoms with Crippen LogP contribution in [-0.4, -0.2) is 25.2 Å². The van der Waals surface area contributed by atoms with Gasteiger partial charge in [0.1, 0.15) is 0 Å². The summed E-state index contributed by atoms with van der Waals surface area (Å²) in [7, 11) is 0. The number of carbonyl (C=O) groups excluding carboxylic acids is 2. The topological polar surface area (TPSA) is 52.6 Å². The fraction of sp³-hybridized carbons (Fsp3) is 0.643. The van der Waals surface area contributed by atoms with Crippen molar-refractivity contribution in [2.24, 2.45) is 11.8 Å². The van der Waals surface area contributed by atoms with Gasteiger partial charge in [-0.15, -0.1) is 0 Å². The van der Waals surface area contributed by atoms with Crippen LogP contribution >= 0.6 is 0 Å². The Hall–Kier alpha value is -2.10. The molecule has 0 aliphatic heterocycles. The van der Waals surface area contributed by atoms with Crippen molar-refractivity contribution in [2.45, 2.75) is 90.4 Å². The number of ether oxygens (including phenoxy) is 2. The Labute approximate surface area is 194 Å². The summed E-state index contributed by atoms with van der Waals surface area (Å²) in [5.74, 6) is -1.36. The van der Waals surface area contributed by atoms with Crippen LogP contribution in [0.5, 0.6) is 0 Å². The van der Waals surface area contributed by atoms with E-state index in [0.29, 0.717) is 26.1 Å². The van der Waals surface area contributed by atoms with E-state index in [0.717, 1.165) is 25.7 Å². The Morgan fingerprint density at radius 2 is 1.22 bits per heavy atom. The van der Waals surface area contributed by atoms with E-state index in [1.54, 1.807) is 0 Å². The van der Waals surface area contributed by atoms with Crippen molar-refractivity contribution >= 4 is 11.9 Å². The number of allylic oxidation sites excluding steroid dienone is 2. The second kappa shape index (κ2) is 16.5. The van der Waals surface area contributed by atoms with Gasteiger partial charge in [0.05, 0.1) is 25.0 Å². The molecule has 0 aromatic heterocycles. The summed E-state index contributed by atoms with van der Waals surface area (Å²) in [6.07, 6.45) is 17.8. The minimum absolute atomic E-state index is 0.250. The maximum Gasteiger partial charge on any atom is 0.310 e. The van der Waals surface area contributed by atoms with Crippen LogP contribution in [0.3, 0.4) is 0 Å². The molecule has 0 N–H and O–H groups in total. The molecule has 178 valence electrons. The molecule has 0 saturated heterocycles. The molecule has 0 radical (unpaired) electrons. The van der Waals surface area contributed by atoms with Crippen LogP contribution in [0.25, 0.3) is 0 Å². The Morgan fingerprint density at radius 1 is 0.719 bits per heavy atom. The minimum atomic E-state index is -0.424. The first-order valence-corrected chi connectivity index (χ1v) is 12.7. The number of hydrogen-bond acceptors (Lipinski definition) is 4. The SMILES string of the molecule is CCCCCCCCCCCOC(=O)C1CC=CCC1C(=O)OCCCc1ccccc1. The van der Waals surface area contributed by atoms with Gasteiger partial charge in [-0.1, -0.05) is 101 Å². The molecule has 32 heavy (non-hydrogen) atoms. The Kier molecular flexibility index (Phi) is 13.5. The lowest BCUT2D eigenvalue weighted by molar-refractivity contribution is -0.161. The Bertz CT molecular complexity index is 667. The van der Waals surface area contributed by atoms with Gasteiger partial charge in [-0.05, 0) is 37.7 Å². The van der Waals surface area contributed by atoms with Crippen LogP contribution in [0, 0.1) is 11.8 Å². The summed E-state index contributed by atoms with van der Waals surface area (Å²) in [5, 5.41) is 0. The zero-order chi connectivity index (χ0) is 22.9. The van der Waals surface area contributed by atoms with Gasteiger partial charge < -0.3 is 9.47 Å². The minimum Gasteiger partial charge on any atom is -0.465 e. The van der Waals surface area contributed by atoms with E-state index < -0.39 is 11.8 Å². The molecule has 0 heterocycles. The van der Waals surface area contributed by atoms with Gasteiger partial charge in [0.15, 0.2) is 0 Å². The van der Waals surface area contributed by atoms with Crippen molar-refractivity contribution < 1.29 is 19.1 Å². The van der Waals surface area contributed by atoms with Crippen molar-refractivity contribution in [3.8, 4) is 0 Å². The third-order valence-corrected chi connectivity index (χ3v) is 6.23. The zero-order valence-corrected chi connectivity index (χ0v) is 19.9. The smallest absolute Gasteiger partial charge is 0.310 e. The lowest BCUT2D eigenvalue weighted by atomic mass is 9.83. The molecule has 2 rings (SSSR count). The van der Waals surface area contributed by atoms with Gasteiger partial charge in [0.25, 0.3) is 0 Å². The molecular formula is C28H42O4. The van der Waals surface area contributed by atoms with Crippen LogP contribution in [0.15, 0.2) is 42.5 Å². The fourth-order valence-electron chi connectivity index (χ4n) is 4.23. The first-order valence-electron chi connectivity index (χ1n) is 12.7. The molecule has 1 aliphatic carbocycles. The highest BCUT2D eigenvalue weighted by molar-refractivity contribution is 5.82. The summed E-state index contributed by atoms with van der Waals surface area (Å²) in [6.45, 7) is 3.07. The van der Waals surface area contributed by atoms with Crippen LogP contribution < -0.4 is 0 Å². The first-order chi connectivity index (χ1) is 15.7. The van der Waals surface area contributed by atoms with E-state index in [1.807, 2.05) is 30.4 Å². The van der Waals surface area contributed by atoms with Crippen molar-refractivity contribution in [1.29, 1.82) is 0 Å². The molecule has 0 saturated carbocycles. The molecular weight excluding hydrogens is 400 g/mol. The standard InChI is InChI=1S/C28H42O4/c1-2-3-4-5-6-7-8-9-15-22-31-27(29)25-20-13-14-21-26(25)28(30)32-23-16-19-24-17-11-10-12-18-24/h10-14,17-18,25-26H,2-9,15-16,19-23H2,1H3. The maximum atomic E-state index is 12.6. The third-order valence-electron chi connectivity index (χ3n) is 6.23. The molecule has 0 amide bonds. The number of esters is 2. The summed E-state index contributed by atoms with van der Waals surface area (Å²) in [4.78, 5) is 25.2. The summed E-state index contributed by atoms with van der Waals surface area (Å²) in [5.41, 5.74) is 1.24. The highest BCUT2D eigenvalue weighted by Crippen LogP contribution is 2.28. The van der Waals surface area contributed by atoms with Crippen LogP contribution in [-0.2, 0) is 25.5 Å². The average Bonchev–Trinajstić information content (AvgIpc) is 2.83. The van der Waals surface area contributed by atoms with E-state index in [2.05, 4.69) is 19.1 Å². The maximum absolute atomic E-state index is 12.6. The molecule has 1 aromatic rings. The fourth-order valence-corrected chi connectivity index (χ4v) is 4.23. The average molecular weight is 443 g/mol. The number of benzene rings is 1. The summed E-state index contributed by atoms with van der Waals surface area (Å²) >= 11 is 0. The predicted molar refractivity (Wildman–Crippen MR) is 129 cm³/mol. The second-order valence-corrected chi connectivity index (χ2v) is 8.91. The van der Waals surface area contributed by atoms with Crippen LogP contribution in [0.2, 0.25) is 0 Å². The van der Waals surface area contributed by atoms with Gasteiger partial charge in [0, 0.05) is 0 Å². The Morgan fingerprint density at radius 3 is 1.78 bits per heavy atom. The van der Waals surface area contributed by atoms with Crippen molar-refractivity contribution in [2.75, 3.05) is 13.2 Å². The number of rotatable bonds is 16. The van der Waals surface area contributed by atoms with Crippen molar-refractivity contribution in [3.05, 3.63) is 48.0 Å². The normalized spacial score (nSPS) is 17.8. The van der Waals surface area contributed by atoms with Gasteiger partial charge in [-0.2, -0.15) is 0 Å². The highest BCUT2D eigenvalue weighted by atomic mass is 16.5. The molecule has 1 aromatic carbocycles. The predicted octanol–water partition coefficient (Wildman–Crippen LogP) is 6.82. The number of hydrogen-bond donors (Lipinski definition) is 0. The lowest BCUT2D eigenvalue weighted by Gasteiger charge is -2.25. The lowest BCUT2D eigenvalue weighted by Crippen LogP contribution is -2.34. The number of unbranched alkanes of at least 4 members (excludes halogenated alkanes) is 8. The monoisotopic (exact) mass is 442 g/mol. The second-order valence-electron chi connectivity index (χ2n) is 8.91. The van der Waals surface area contributed by atoms with Gasteiger partial charge in [-0.3, -0.25) is 9.59 Å². The van der Waals surface area contributed by atoms with Gasteiger partial charge in [0.2, 0.25) is 0 Å². The number of aryl methyl sites for hydroxylation is 1. The highest BCUT2D eigenvalue weighted by Gasteiger charge is 2.36. The van der Waals surface area contributed by atoms with Gasteiger partial charge in [-0.25, -0.2) is 0 Å². The molecule has 0 bridgehead atoms. The van der Waals surface area contributed by atoms with Crippen LogP contribution in [0.4, 0.5) is 0 Å². The molecule has 4 heteroatoms. The molecule has 4 nitrogen and oxygen atoms in total. The molecule has 0 spiro atoms.